The fourth-order valence-electron chi connectivity index (χ4n) is 3.20. The molecule has 1 aliphatic heterocycles. The zero-order chi connectivity index (χ0) is 18.7. The van der Waals surface area contributed by atoms with Crippen molar-refractivity contribution in [3.63, 3.8) is 0 Å². The van der Waals surface area contributed by atoms with Crippen LogP contribution in [-0.2, 0) is 11.2 Å². The van der Waals surface area contributed by atoms with E-state index in [0.717, 1.165) is 12.8 Å². The molecule has 0 bridgehead atoms. The molecule has 3 heterocycles. The third-order valence-electron chi connectivity index (χ3n) is 4.75. The van der Waals surface area contributed by atoms with Crippen molar-refractivity contribution in [2.45, 2.75) is 58.9 Å². The molecule has 0 saturated carbocycles. The van der Waals surface area contributed by atoms with Gasteiger partial charge in [0.15, 0.2) is 5.82 Å². The molecule has 1 fully saturated rings. The Kier molecular flexibility index (Phi) is 5.70. The largest absolute Gasteiger partial charge is 0.381 e. The predicted octanol–water partition coefficient (Wildman–Crippen LogP) is 2.95. The van der Waals surface area contributed by atoms with Crippen molar-refractivity contribution < 1.29 is 18.6 Å². The zero-order valence-electron chi connectivity index (χ0n) is 15.7. The molecule has 2 aromatic rings. The summed E-state index contributed by atoms with van der Waals surface area (Å²) >= 11 is 0. The van der Waals surface area contributed by atoms with Crippen LogP contribution in [-0.4, -0.2) is 34.4 Å². The molecule has 8 nitrogen and oxygen atoms in total. The Balaban J connectivity index is 1.87. The van der Waals surface area contributed by atoms with E-state index in [2.05, 4.69) is 20.6 Å². The smallest absolute Gasteiger partial charge is 0.257 e. The average molecular weight is 362 g/mol. The molecule has 1 aliphatic rings. The van der Waals surface area contributed by atoms with Crippen molar-refractivity contribution in [1.29, 1.82) is 0 Å². The molecule has 8 heteroatoms. The summed E-state index contributed by atoms with van der Waals surface area (Å²) in [6.45, 7) is 9.03. The van der Waals surface area contributed by atoms with Crippen LogP contribution in [0, 0.1) is 12.8 Å². The summed E-state index contributed by atoms with van der Waals surface area (Å²) in [5.41, 5.74) is 1.08. The molecule has 2 aromatic heterocycles. The minimum Gasteiger partial charge on any atom is -0.381 e. The summed E-state index contributed by atoms with van der Waals surface area (Å²) in [6, 6.07) is -0.356. The zero-order valence-corrected chi connectivity index (χ0v) is 15.7. The summed E-state index contributed by atoms with van der Waals surface area (Å²) < 4.78 is 16.2. The van der Waals surface area contributed by atoms with Crippen LogP contribution >= 0.6 is 0 Å². The van der Waals surface area contributed by atoms with Crippen molar-refractivity contribution in [2.75, 3.05) is 13.2 Å². The van der Waals surface area contributed by atoms with E-state index in [9.17, 15) is 4.79 Å². The van der Waals surface area contributed by atoms with Gasteiger partial charge in [-0.2, -0.15) is 4.98 Å². The van der Waals surface area contributed by atoms with Gasteiger partial charge in [-0.25, -0.2) is 0 Å². The molecule has 1 atom stereocenters. The summed E-state index contributed by atoms with van der Waals surface area (Å²) in [6.07, 6.45) is 2.25. The number of ether oxygens (including phenoxy) is 1. The molecule has 1 amide bonds. The van der Waals surface area contributed by atoms with Crippen LogP contribution in [0.3, 0.4) is 0 Å². The first kappa shape index (κ1) is 18.6. The second kappa shape index (κ2) is 7.99. The van der Waals surface area contributed by atoms with Crippen molar-refractivity contribution in [1.82, 2.24) is 20.6 Å². The van der Waals surface area contributed by atoms with E-state index in [1.807, 2.05) is 20.8 Å². The third kappa shape index (κ3) is 3.80. The molecule has 0 aliphatic carbocycles. The number of carbonyl (C=O) groups is 1. The summed E-state index contributed by atoms with van der Waals surface area (Å²) in [7, 11) is 0. The molecule has 0 unspecified atom stereocenters. The Morgan fingerprint density at radius 1 is 1.23 bits per heavy atom. The van der Waals surface area contributed by atoms with Crippen molar-refractivity contribution >= 4 is 5.91 Å². The highest BCUT2D eigenvalue weighted by Crippen LogP contribution is 2.30. The number of carbonyl (C=O) groups excluding carboxylic acids is 1. The van der Waals surface area contributed by atoms with Gasteiger partial charge in [0.2, 0.25) is 5.89 Å². The lowest BCUT2D eigenvalue weighted by atomic mass is 9.91. The van der Waals surface area contributed by atoms with Crippen molar-refractivity contribution in [3.05, 3.63) is 28.7 Å². The molecule has 1 N–H and O–H groups in total. The van der Waals surface area contributed by atoms with Gasteiger partial charge in [-0.1, -0.05) is 31.1 Å². The lowest BCUT2D eigenvalue weighted by molar-refractivity contribution is 0.0467. The lowest BCUT2D eigenvalue weighted by Crippen LogP contribution is -2.36. The van der Waals surface area contributed by atoms with Gasteiger partial charge in [0, 0.05) is 25.6 Å². The van der Waals surface area contributed by atoms with Gasteiger partial charge in [0.1, 0.15) is 17.4 Å². The molecule has 0 aromatic carbocycles. The normalized spacial score (nSPS) is 16.8. The van der Waals surface area contributed by atoms with Crippen LogP contribution < -0.4 is 5.32 Å². The maximum Gasteiger partial charge on any atom is 0.257 e. The van der Waals surface area contributed by atoms with Gasteiger partial charge in [-0.15, -0.1) is 0 Å². The first-order chi connectivity index (χ1) is 12.5. The topological polar surface area (TPSA) is 103 Å². The molecular weight excluding hydrogens is 336 g/mol. The van der Waals surface area contributed by atoms with Crippen LogP contribution in [0.2, 0.25) is 0 Å². The van der Waals surface area contributed by atoms with Gasteiger partial charge in [-0.05, 0) is 25.7 Å². The number of aryl methyl sites for hydroxylation is 2. The number of hydrogen-bond donors (Lipinski definition) is 1. The molecule has 1 saturated heterocycles. The molecular formula is C18H26N4O4. The van der Waals surface area contributed by atoms with Gasteiger partial charge in [-0.3, -0.25) is 4.79 Å². The molecule has 142 valence electrons. The number of nitrogens with zero attached hydrogens (tertiary/aromatic N) is 3. The SMILES string of the molecule is CCc1onc(C)c1C(=O)N[C@@H](c1nc(C(C)C)no1)C1CCOCC1. The maximum atomic E-state index is 12.9. The minimum atomic E-state index is -0.356. The van der Waals surface area contributed by atoms with Crippen LogP contribution in [0.5, 0.6) is 0 Å². The van der Waals surface area contributed by atoms with Crippen LogP contribution in [0.25, 0.3) is 0 Å². The summed E-state index contributed by atoms with van der Waals surface area (Å²) in [5.74, 6) is 1.78. The Morgan fingerprint density at radius 3 is 2.58 bits per heavy atom. The number of nitrogens with one attached hydrogen (secondary N) is 1. The van der Waals surface area contributed by atoms with Gasteiger partial charge in [0.05, 0.1) is 5.69 Å². The van der Waals surface area contributed by atoms with Crippen LogP contribution in [0.15, 0.2) is 9.05 Å². The Labute approximate surface area is 152 Å². The molecule has 26 heavy (non-hydrogen) atoms. The minimum absolute atomic E-state index is 0.158. The van der Waals surface area contributed by atoms with E-state index < -0.39 is 0 Å². The van der Waals surface area contributed by atoms with Crippen LogP contribution in [0.1, 0.15) is 79.1 Å². The number of hydrogen-bond acceptors (Lipinski definition) is 7. The third-order valence-corrected chi connectivity index (χ3v) is 4.75. The second-order valence-electron chi connectivity index (χ2n) is 6.97. The van der Waals surface area contributed by atoms with E-state index in [0.29, 0.717) is 48.4 Å². The van der Waals surface area contributed by atoms with Crippen LogP contribution in [0.4, 0.5) is 0 Å². The number of amides is 1. The van der Waals surface area contributed by atoms with E-state index >= 15 is 0 Å². The highest BCUT2D eigenvalue weighted by molar-refractivity contribution is 5.96. The van der Waals surface area contributed by atoms with E-state index in [4.69, 9.17) is 13.8 Å². The van der Waals surface area contributed by atoms with Crippen molar-refractivity contribution in [2.24, 2.45) is 5.92 Å². The Hall–Kier alpha value is -2.22. The highest BCUT2D eigenvalue weighted by atomic mass is 16.5. The first-order valence-corrected chi connectivity index (χ1v) is 9.18. The van der Waals surface area contributed by atoms with E-state index in [-0.39, 0.29) is 23.8 Å². The highest BCUT2D eigenvalue weighted by Gasteiger charge is 2.33. The predicted molar refractivity (Wildman–Crippen MR) is 92.8 cm³/mol. The number of aromatic nitrogens is 3. The number of rotatable bonds is 6. The Morgan fingerprint density at radius 2 is 1.96 bits per heavy atom. The fraction of sp³-hybridized carbons (Fsp3) is 0.667. The summed E-state index contributed by atoms with van der Waals surface area (Å²) in [4.78, 5) is 17.5. The lowest BCUT2D eigenvalue weighted by Gasteiger charge is -2.28. The monoisotopic (exact) mass is 362 g/mol. The standard InChI is InChI=1S/C18H26N4O4/c1-5-13-14(11(4)21-25-13)17(23)19-15(12-6-8-24-9-7-12)18-20-16(10(2)3)22-26-18/h10,12,15H,5-9H2,1-4H3,(H,19,23)/t15-/m1/s1. The molecule has 0 spiro atoms. The van der Waals surface area contributed by atoms with E-state index in [1.54, 1.807) is 6.92 Å². The van der Waals surface area contributed by atoms with Gasteiger partial charge < -0.3 is 19.1 Å². The molecule has 3 rings (SSSR count). The van der Waals surface area contributed by atoms with E-state index in [1.165, 1.54) is 0 Å². The van der Waals surface area contributed by atoms with Gasteiger partial charge >= 0.3 is 0 Å². The van der Waals surface area contributed by atoms with Crippen molar-refractivity contribution in [3.8, 4) is 0 Å². The average Bonchev–Trinajstić information content (AvgIpc) is 3.27. The Bertz CT molecular complexity index is 746. The quantitative estimate of drug-likeness (QED) is 0.842. The maximum absolute atomic E-state index is 12.9. The fourth-order valence-corrected chi connectivity index (χ4v) is 3.20. The second-order valence-corrected chi connectivity index (χ2v) is 6.97. The first-order valence-electron chi connectivity index (χ1n) is 9.18. The summed E-state index contributed by atoms with van der Waals surface area (Å²) in [5, 5.41) is 11.1. The molecule has 0 radical (unpaired) electrons. The van der Waals surface area contributed by atoms with Gasteiger partial charge in [0.25, 0.3) is 5.91 Å².